The summed E-state index contributed by atoms with van der Waals surface area (Å²) < 4.78 is 11.4. The molecule has 2 heterocycles. The molecule has 1 saturated heterocycles. The largest absolute Gasteiger partial charge is 0.464 e. The van der Waals surface area contributed by atoms with Gasteiger partial charge in [0.15, 0.2) is 0 Å². The van der Waals surface area contributed by atoms with E-state index in [4.69, 9.17) is 9.47 Å². The molecule has 4 rings (SSSR count). The van der Waals surface area contributed by atoms with Crippen molar-refractivity contribution in [3.8, 4) is 5.75 Å². The van der Waals surface area contributed by atoms with Gasteiger partial charge in [0.1, 0.15) is 5.75 Å². The molecular weight excluding hydrogens is 304 g/mol. The van der Waals surface area contributed by atoms with E-state index in [1.165, 1.54) is 0 Å². The van der Waals surface area contributed by atoms with E-state index < -0.39 is 0 Å². The van der Waals surface area contributed by atoms with Crippen molar-refractivity contribution in [1.82, 2.24) is 10.2 Å². The van der Waals surface area contributed by atoms with E-state index in [0.29, 0.717) is 11.5 Å². The summed E-state index contributed by atoms with van der Waals surface area (Å²) in [5, 5.41) is 3.21. The van der Waals surface area contributed by atoms with Crippen LogP contribution in [-0.4, -0.2) is 49.7 Å². The van der Waals surface area contributed by atoms with Gasteiger partial charge >= 0.3 is 0 Å². The molecule has 0 aromatic heterocycles. The van der Waals surface area contributed by atoms with Gasteiger partial charge in [-0.25, -0.2) is 0 Å². The molecule has 0 spiro atoms. The van der Waals surface area contributed by atoms with Gasteiger partial charge in [-0.2, -0.15) is 0 Å². The van der Waals surface area contributed by atoms with Crippen LogP contribution in [0.5, 0.6) is 5.75 Å². The van der Waals surface area contributed by atoms with Gasteiger partial charge in [0.2, 0.25) is 0 Å². The van der Waals surface area contributed by atoms with Crippen LogP contribution in [0.25, 0.3) is 6.08 Å². The Morgan fingerprint density at radius 2 is 2.12 bits per heavy atom. The molecule has 0 radical (unpaired) electrons. The molecular formula is C19H22N2O3. The zero-order chi connectivity index (χ0) is 16.7. The number of carbonyl (C=O) groups is 1. The Labute approximate surface area is 141 Å². The summed E-state index contributed by atoms with van der Waals surface area (Å²) in [5.74, 6) is 1.12. The van der Waals surface area contributed by atoms with Gasteiger partial charge in [-0.05, 0) is 38.7 Å². The van der Waals surface area contributed by atoms with Gasteiger partial charge in [0.25, 0.3) is 5.91 Å². The molecule has 1 amide bonds. The minimum atomic E-state index is -0.0613. The molecule has 126 valence electrons. The fourth-order valence-electron chi connectivity index (χ4n) is 3.96. The second kappa shape index (κ2) is 6.07. The third-order valence-electron chi connectivity index (χ3n) is 5.18. The first-order valence-electron chi connectivity index (χ1n) is 8.38. The summed E-state index contributed by atoms with van der Waals surface area (Å²) in [7, 11) is 4.08. The Bertz CT molecular complexity index is 710. The lowest BCUT2D eigenvalue weighted by atomic mass is 9.71. The number of para-hydroxylation sites is 1. The molecule has 1 saturated carbocycles. The third-order valence-corrected chi connectivity index (χ3v) is 5.18. The van der Waals surface area contributed by atoms with Crippen LogP contribution in [-0.2, 0) is 9.53 Å². The number of hydrogen-bond donors (Lipinski definition) is 1. The number of carbonyl (C=O) groups excluding carboxylic acids is 1. The van der Waals surface area contributed by atoms with Gasteiger partial charge in [-0.3, -0.25) is 4.79 Å². The topological polar surface area (TPSA) is 50.8 Å². The third kappa shape index (κ3) is 2.54. The normalized spacial score (nSPS) is 30.5. The van der Waals surface area contributed by atoms with Crippen LogP contribution in [0.4, 0.5) is 0 Å². The fourth-order valence-corrected chi connectivity index (χ4v) is 3.96. The predicted octanol–water partition coefficient (Wildman–Crippen LogP) is 1.81. The molecule has 1 N–H and O–H groups in total. The van der Waals surface area contributed by atoms with Gasteiger partial charge in [-0.15, -0.1) is 0 Å². The summed E-state index contributed by atoms with van der Waals surface area (Å²) in [6.45, 7) is 0.788. The second-order valence-electron chi connectivity index (χ2n) is 6.80. The molecule has 2 fully saturated rings. The molecule has 1 aromatic rings. The number of nitrogens with one attached hydrogen (secondary N) is 1. The minimum absolute atomic E-state index is 0.0613. The fraction of sp³-hybridized carbons (Fsp3) is 0.421. The highest BCUT2D eigenvalue weighted by Gasteiger charge is 2.55. The van der Waals surface area contributed by atoms with E-state index in [1.54, 1.807) is 12.3 Å². The average molecular weight is 326 g/mol. The van der Waals surface area contributed by atoms with Crippen LogP contribution in [0.2, 0.25) is 0 Å². The molecule has 1 aromatic carbocycles. The molecule has 0 unspecified atom stereocenters. The summed E-state index contributed by atoms with van der Waals surface area (Å²) in [6.07, 6.45) is 6.43. The van der Waals surface area contributed by atoms with Crippen molar-refractivity contribution in [1.29, 1.82) is 0 Å². The molecule has 5 nitrogen and oxygen atoms in total. The molecule has 1 aliphatic carbocycles. The van der Waals surface area contributed by atoms with Crippen molar-refractivity contribution in [3.05, 3.63) is 47.7 Å². The van der Waals surface area contributed by atoms with Gasteiger partial charge in [-0.1, -0.05) is 18.2 Å². The Hall–Kier alpha value is -2.11. The minimum Gasteiger partial charge on any atom is -0.464 e. The quantitative estimate of drug-likeness (QED) is 0.920. The SMILES string of the molecule is CN(C)[C@@H]1[C@@H](NC(=O)C2=Cc3ccccc3OC=C2)[C@H]2CCO[C@H]21. The Balaban J connectivity index is 1.53. The number of hydrogen-bond acceptors (Lipinski definition) is 4. The van der Waals surface area contributed by atoms with Crippen LogP contribution in [0.15, 0.2) is 42.2 Å². The van der Waals surface area contributed by atoms with Crippen molar-refractivity contribution >= 4 is 12.0 Å². The van der Waals surface area contributed by atoms with Crippen molar-refractivity contribution in [2.75, 3.05) is 20.7 Å². The van der Waals surface area contributed by atoms with Crippen LogP contribution >= 0.6 is 0 Å². The van der Waals surface area contributed by atoms with E-state index in [0.717, 1.165) is 24.3 Å². The van der Waals surface area contributed by atoms with Crippen LogP contribution < -0.4 is 10.1 Å². The van der Waals surface area contributed by atoms with E-state index in [1.807, 2.05) is 44.4 Å². The lowest BCUT2D eigenvalue weighted by molar-refractivity contribution is -0.124. The summed E-state index contributed by atoms with van der Waals surface area (Å²) in [4.78, 5) is 14.9. The van der Waals surface area contributed by atoms with E-state index in [9.17, 15) is 4.79 Å². The zero-order valence-electron chi connectivity index (χ0n) is 13.9. The Kier molecular flexibility index (Phi) is 3.90. The molecule has 5 heteroatoms. The summed E-state index contributed by atoms with van der Waals surface area (Å²) in [6, 6.07) is 8.07. The highest BCUT2D eigenvalue weighted by Crippen LogP contribution is 2.41. The van der Waals surface area contributed by atoms with Crippen molar-refractivity contribution in [2.24, 2.45) is 5.92 Å². The van der Waals surface area contributed by atoms with Crippen molar-refractivity contribution < 1.29 is 14.3 Å². The first-order valence-corrected chi connectivity index (χ1v) is 8.38. The van der Waals surface area contributed by atoms with Crippen LogP contribution in [0.1, 0.15) is 12.0 Å². The van der Waals surface area contributed by atoms with Crippen molar-refractivity contribution in [3.63, 3.8) is 0 Å². The highest BCUT2D eigenvalue weighted by atomic mass is 16.5. The maximum atomic E-state index is 12.8. The maximum absolute atomic E-state index is 12.8. The molecule has 24 heavy (non-hydrogen) atoms. The van der Waals surface area contributed by atoms with E-state index in [-0.39, 0.29) is 24.1 Å². The van der Waals surface area contributed by atoms with Gasteiger partial charge in [0, 0.05) is 23.7 Å². The zero-order valence-corrected chi connectivity index (χ0v) is 13.9. The first kappa shape index (κ1) is 15.4. The van der Waals surface area contributed by atoms with Crippen molar-refractivity contribution in [2.45, 2.75) is 24.6 Å². The first-order chi connectivity index (χ1) is 11.6. The molecule has 0 bridgehead atoms. The number of rotatable bonds is 3. The molecule has 2 aliphatic heterocycles. The van der Waals surface area contributed by atoms with E-state index >= 15 is 0 Å². The number of likely N-dealkylation sites (N-methyl/N-ethyl adjacent to an activating group) is 1. The van der Waals surface area contributed by atoms with Crippen LogP contribution in [0, 0.1) is 5.92 Å². The number of amides is 1. The standard InChI is InChI=1S/C19H22N2O3/c1-21(2)17-16(14-8-10-24-18(14)17)20-19(22)13-7-9-23-15-6-4-3-5-12(15)11-13/h3-7,9,11,14,16-18H,8,10H2,1-2H3,(H,20,22)/t14-,16+,17-,18-/m1/s1. The Morgan fingerprint density at radius 1 is 1.29 bits per heavy atom. The lowest BCUT2D eigenvalue weighted by Gasteiger charge is -2.50. The lowest BCUT2D eigenvalue weighted by Crippen LogP contribution is -2.69. The molecule has 4 atom stereocenters. The summed E-state index contributed by atoms with van der Waals surface area (Å²) >= 11 is 0. The second-order valence-corrected chi connectivity index (χ2v) is 6.80. The maximum Gasteiger partial charge on any atom is 0.251 e. The van der Waals surface area contributed by atoms with Gasteiger partial charge in [0.05, 0.1) is 24.4 Å². The highest BCUT2D eigenvalue weighted by molar-refractivity contribution is 6.01. The summed E-state index contributed by atoms with van der Waals surface area (Å²) in [5.41, 5.74) is 1.52. The van der Waals surface area contributed by atoms with Crippen LogP contribution in [0.3, 0.4) is 0 Å². The smallest absolute Gasteiger partial charge is 0.251 e. The molecule has 3 aliphatic rings. The number of benzene rings is 1. The van der Waals surface area contributed by atoms with Gasteiger partial charge < -0.3 is 19.7 Å². The Morgan fingerprint density at radius 3 is 2.96 bits per heavy atom. The number of ether oxygens (including phenoxy) is 2. The van der Waals surface area contributed by atoms with E-state index in [2.05, 4.69) is 10.2 Å². The average Bonchev–Trinajstić information content (AvgIpc) is 2.83. The predicted molar refractivity (Wildman–Crippen MR) is 91.4 cm³/mol. The number of fused-ring (bicyclic) bond motifs is 2. The monoisotopic (exact) mass is 326 g/mol. The number of nitrogens with zero attached hydrogens (tertiary/aromatic N) is 1.